The van der Waals surface area contributed by atoms with Gasteiger partial charge in [0.2, 0.25) is 0 Å². The lowest BCUT2D eigenvalue weighted by atomic mass is 10.1. The standard InChI is InChI=1S/C13H16F2N2O2/c14-12(15)11-10(16)6-7-17(11)13(18)19-8-9-4-2-1-3-5-9/h1-5,10-12H,6-8,16H2/t10-,11+/m0/s1. The van der Waals surface area contributed by atoms with Crippen LogP contribution in [0.25, 0.3) is 0 Å². The van der Waals surface area contributed by atoms with E-state index in [9.17, 15) is 13.6 Å². The number of hydrogen-bond acceptors (Lipinski definition) is 3. The maximum atomic E-state index is 12.8. The van der Waals surface area contributed by atoms with Gasteiger partial charge in [-0.05, 0) is 12.0 Å². The number of likely N-dealkylation sites (tertiary alicyclic amines) is 1. The van der Waals surface area contributed by atoms with Gasteiger partial charge < -0.3 is 10.5 Å². The van der Waals surface area contributed by atoms with Gasteiger partial charge in [0.1, 0.15) is 12.6 Å². The van der Waals surface area contributed by atoms with E-state index in [1.54, 1.807) is 12.1 Å². The lowest BCUT2D eigenvalue weighted by Gasteiger charge is -2.25. The molecule has 1 amide bonds. The summed E-state index contributed by atoms with van der Waals surface area (Å²) in [6, 6.07) is 7.14. The molecule has 1 fully saturated rings. The molecule has 19 heavy (non-hydrogen) atoms. The zero-order valence-corrected chi connectivity index (χ0v) is 10.3. The Hall–Kier alpha value is -1.69. The Morgan fingerprint density at radius 3 is 2.74 bits per heavy atom. The van der Waals surface area contributed by atoms with Crippen molar-refractivity contribution >= 4 is 6.09 Å². The van der Waals surface area contributed by atoms with Gasteiger partial charge in [0.05, 0.1) is 0 Å². The highest BCUT2D eigenvalue weighted by Gasteiger charge is 2.41. The summed E-state index contributed by atoms with van der Waals surface area (Å²) in [4.78, 5) is 12.8. The Kier molecular flexibility index (Phi) is 4.31. The van der Waals surface area contributed by atoms with Crippen molar-refractivity contribution in [2.45, 2.75) is 31.5 Å². The average molecular weight is 270 g/mol. The van der Waals surface area contributed by atoms with Crippen LogP contribution < -0.4 is 5.73 Å². The molecule has 0 spiro atoms. The number of alkyl halides is 2. The number of nitrogens with zero attached hydrogens (tertiary/aromatic N) is 1. The molecule has 0 radical (unpaired) electrons. The SMILES string of the molecule is N[C@H]1CCN(C(=O)OCc2ccccc2)[C@H]1C(F)F. The number of carbonyl (C=O) groups excluding carboxylic acids is 1. The fourth-order valence-corrected chi connectivity index (χ4v) is 2.18. The van der Waals surface area contributed by atoms with E-state index in [1.807, 2.05) is 18.2 Å². The second-order valence-corrected chi connectivity index (χ2v) is 4.51. The van der Waals surface area contributed by atoms with Crippen molar-refractivity contribution in [1.82, 2.24) is 4.90 Å². The molecule has 2 atom stereocenters. The van der Waals surface area contributed by atoms with Gasteiger partial charge in [-0.15, -0.1) is 0 Å². The molecule has 1 aromatic carbocycles. The number of benzene rings is 1. The van der Waals surface area contributed by atoms with Gasteiger partial charge in [-0.3, -0.25) is 4.90 Å². The minimum absolute atomic E-state index is 0.0708. The number of halogens is 2. The molecule has 0 saturated carbocycles. The van der Waals surface area contributed by atoms with Gasteiger partial charge in [-0.25, -0.2) is 13.6 Å². The lowest BCUT2D eigenvalue weighted by molar-refractivity contribution is 0.0279. The van der Waals surface area contributed by atoms with Crippen LogP contribution in [-0.4, -0.2) is 36.0 Å². The highest BCUT2D eigenvalue weighted by Crippen LogP contribution is 2.23. The van der Waals surface area contributed by atoms with Crippen LogP contribution >= 0.6 is 0 Å². The van der Waals surface area contributed by atoms with E-state index < -0.39 is 24.6 Å². The van der Waals surface area contributed by atoms with E-state index in [0.29, 0.717) is 6.42 Å². The minimum Gasteiger partial charge on any atom is -0.445 e. The molecular weight excluding hydrogens is 254 g/mol. The Labute approximate surface area is 110 Å². The maximum Gasteiger partial charge on any atom is 0.410 e. The van der Waals surface area contributed by atoms with Gasteiger partial charge >= 0.3 is 6.09 Å². The van der Waals surface area contributed by atoms with Crippen LogP contribution in [0.3, 0.4) is 0 Å². The van der Waals surface area contributed by atoms with Crippen LogP contribution in [0, 0.1) is 0 Å². The predicted octanol–water partition coefficient (Wildman–Crippen LogP) is 1.99. The highest BCUT2D eigenvalue weighted by molar-refractivity contribution is 5.68. The van der Waals surface area contributed by atoms with Crippen molar-refractivity contribution in [3.05, 3.63) is 35.9 Å². The first-order chi connectivity index (χ1) is 9.09. The summed E-state index contributed by atoms with van der Waals surface area (Å²) >= 11 is 0. The number of ether oxygens (including phenoxy) is 1. The molecule has 1 aliphatic heterocycles. The number of amides is 1. The lowest BCUT2D eigenvalue weighted by Crippen LogP contribution is -2.47. The van der Waals surface area contributed by atoms with Crippen molar-refractivity contribution < 1.29 is 18.3 Å². The van der Waals surface area contributed by atoms with Gasteiger partial charge in [0.25, 0.3) is 6.43 Å². The third-order valence-electron chi connectivity index (χ3n) is 3.20. The molecule has 2 N–H and O–H groups in total. The zero-order valence-electron chi connectivity index (χ0n) is 10.3. The molecule has 4 nitrogen and oxygen atoms in total. The largest absolute Gasteiger partial charge is 0.445 e. The monoisotopic (exact) mass is 270 g/mol. The first kappa shape index (κ1) is 13.7. The van der Waals surface area contributed by atoms with Crippen LogP contribution in [0.4, 0.5) is 13.6 Å². The molecule has 6 heteroatoms. The van der Waals surface area contributed by atoms with E-state index in [-0.39, 0.29) is 13.2 Å². The normalized spacial score (nSPS) is 22.8. The van der Waals surface area contributed by atoms with Crippen LogP contribution in [0.15, 0.2) is 30.3 Å². The Morgan fingerprint density at radius 2 is 2.11 bits per heavy atom. The molecule has 0 aliphatic carbocycles. The van der Waals surface area contributed by atoms with Gasteiger partial charge in [0.15, 0.2) is 0 Å². The van der Waals surface area contributed by atoms with Crippen molar-refractivity contribution in [1.29, 1.82) is 0 Å². The topological polar surface area (TPSA) is 55.6 Å². The summed E-state index contributed by atoms with van der Waals surface area (Å²) in [6.45, 7) is 0.283. The summed E-state index contributed by atoms with van der Waals surface area (Å²) in [6.07, 6.45) is -3.01. The minimum atomic E-state index is -2.65. The van der Waals surface area contributed by atoms with Gasteiger partial charge in [-0.2, -0.15) is 0 Å². The van der Waals surface area contributed by atoms with E-state index in [2.05, 4.69) is 0 Å². The Morgan fingerprint density at radius 1 is 1.42 bits per heavy atom. The summed E-state index contributed by atoms with van der Waals surface area (Å²) < 4.78 is 30.7. The van der Waals surface area contributed by atoms with Crippen LogP contribution in [-0.2, 0) is 11.3 Å². The molecule has 104 valence electrons. The molecular formula is C13H16F2N2O2. The second kappa shape index (κ2) is 5.97. The molecule has 1 saturated heterocycles. The third-order valence-corrected chi connectivity index (χ3v) is 3.20. The summed E-state index contributed by atoms with van der Waals surface area (Å²) in [5.41, 5.74) is 6.40. The summed E-state index contributed by atoms with van der Waals surface area (Å²) in [5, 5.41) is 0. The van der Waals surface area contributed by atoms with Gasteiger partial charge in [-0.1, -0.05) is 30.3 Å². The van der Waals surface area contributed by atoms with E-state index in [4.69, 9.17) is 10.5 Å². The number of carbonyl (C=O) groups is 1. The molecule has 1 heterocycles. The van der Waals surface area contributed by atoms with E-state index >= 15 is 0 Å². The molecule has 0 unspecified atom stereocenters. The molecule has 1 aliphatic rings. The quantitative estimate of drug-likeness (QED) is 0.913. The number of rotatable bonds is 3. The first-order valence-electron chi connectivity index (χ1n) is 6.10. The van der Waals surface area contributed by atoms with Crippen molar-refractivity contribution in [2.75, 3.05) is 6.54 Å². The predicted molar refractivity (Wildman–Crippen MR) is 65.7 cm³/mol. The molecule has 1 aromatic rings. The third kappa shape index (κ3) is 3.20. The summed E-state index contributed by atoms with van der Waals surface area (Å²) in [7, 11) is 0. The highest BCUT2D eigenvalue weighted by atomic mass is 19.3. The van der Waals surface area contributed by atoms with Crippen LogP contribution in [0.1, 0.15) is 12.0 Å². The average Bonchev–Trinajstić information content (AvgIpc) is 2.79. The smallest absolute Gasteiger partial charge is 0.410 e. The number of nitrogens with two attached hydrogens (primary N) is 1. The van der Waals surface area contributed by atoms with E-state index in [0.717, 1.165) is 10.5 Å². The number of hydrogen-bond donors (Lipinski definition) is 1. The Bertz CT molecular complexity index is 428. The van der Waals surface area contributed by atoms with Gasteiger partial charge in [0, 0.05) is 12.6 Å². The fraction of sp³-hybridized carbons (Fsp3) is 0.462. The molecule has 2 rings (SSSR count). The van der Waals surface area contributed by atoms with Crippen LogP contribution in [0.2, 0.25) is 0 Å². The van der Waals surface area contributed by atoms with E-state index in [1.165, 1.54) is 0 Å². The molecule has 0 aromatic heterocycles. The second-order valence-electron chi connectivity index (χ2n) is 4.51. The maximum absolute atomic E-state index is 12.8. The first-order valence-corrected chi connectivity index (χ1v) is 6.10. The van der Waals surface area contributed by atoms with Crippen LogP contribution in [0.5, 0.6) is 0 Å². The molecule has 0 bridgehead atoms. The zero-order chi connectivity index (χ0) is 13.8. The summed E-state index contributed by atoms with van der Waals surface area (Å²) in [5.74, 6) is 0. The van der Waals surface area contributed by atoms with Crippen molar-refractivity contribution in [3.8, 4) is 0 Å². The Balaban J connectivity index is 1.93. The van der Waals surface area contributed by atoms with Crippen molar-refractivity contribution in [2.24, 2.45) is 5.73 Å². The van der Waals surface area contributed by atoms with Crippen molar-refractivity contribution in [3.63, 3.8) is 0 Å². The fourth-order valence-electron chi connectivity index (χ4n) is 2.18.